The third-order valence-corrected chi connectivity index (χ3v) is 5.42. The van der Waals surface area contributed by atoms with Crippen LogP contribution >= 0.6 is 0 Å². The lowest BCUT2D eigenvalue weighted by Crippen LogP contribution is -2.28. The number of carbonyl (C=O) groups is 2. The molecule has 2 amide bonds. The Kier molecular flexibility index (Phi) is 5.53. The molecule has 0 bridgehead atoms. The van der Waals surface area contributed by atoms with Crippen molar-refractivity contribution in [2.75, 3.05) is 30.5 Å². The second-order valence-electron chi connectivity index (χ2n) is 7.62. The summed E-state index contributed by atoms with van der Waals surface area (Å²) in [6.07, 6.45) is 1.08. The van der Waals surface area contributed by atoms with Crippen LogP contribution in [0, 0.1) is 5.92 Å². The van der Waals surface area contributed by atoms with Gasteiger partial charge in [-0.2, -0.15) is 0 Å². The number of fused-ring (bicyclic) bond motifs is 1. The maximum Gasteiger partial charge on any atom is 0.229 e. The first-order valence-corrected chi connectivity index (χ1v) is 10.2. The van der Waals surface area contributed by atoms with Crippen LogP contribution in [0.2, 0.25) is 0 Å². The molecule has 4 rings (SSSR count). The Balaban J connectivity index is 1.50. The maximum absolute atomic E-state index is 13.0. The van der Waals surface area contributed by atoms with Crippen molar-refractivity contribution in [1.29, 1.82) is 0 Å². The summed E-state index contributed by atoms with van der Waals surface area (Å²) in [5, 5.41) is 2.95. The predicted octanol–water partition coefficient (Wildman–Crippen LogP) is 3.41. The van der Waals surface area contributed by atoms with Gasteiger partial charge in [0.05, 0.1) is 25.3 Å². The molecule has 2 atom stereocenters. The molecule has 0 saturated carbocycles. The van der Waals surface area contributed by atoms with Crippen LogP contribution in [0.4, 0.5) is 11.4 Å². The molecule has 2 aliphatic heterocycles. The Bertz CT molecular complexity index is 974. The number of anilines is 2. The molecular formula is C23H26N2O5. The number of ether oxygens (including phenoxy) is 3. The van der Waals surface area contributed by atoms with E-state index in [1.165, 1.54) is 0 Å². The minimum atomic E-state index is -0.453. The number of amides is 2. The predicted molar refractivity (Wildman–Crippen MR) is 113 cm³/mol. The molecule has 2 aromatic rings. The lowest BCUT2D eigenvalue weighted by Gasteiger charge is -2.18. The fourth-order valence-electron chi connectivity index (χ4n) is 3.96. The number of carbonyl (C=O) groups excluding carboxylic acids is 2. The Labute approximate surface area is 175 Å². The van der Waals surface area contributed by atoms with E-state index in [1.807, 2.05) is 44.2 Å². The molecule has 2 heterocycles. The van der Waals surface area contributed by atoms with E-state index in [4.69, 9.17) is 14.2 Å². The number of hydrogen-bond donors (Lipinski definition) is 1. The van der Waals surface area contributed by atoms with Gasteiger partial charge in [-0.3, -0.25) is 9.59 Å². The van der Waals surface area contributed by atoms with Crippen molar-refractivity contribution >= 4 is 23.2 Å². The van der Waals surface area contributed by atoms with Crippen LogP contribution in [-0.2, 0) is 16.0 Å². The van der Waals surface area contributed by atoms with Gasteiger partial charge in [-0.1, -0.05) is 6.07 Å². The van der Waals surface area contributed by atoms with Crippen molar-refractivity contribution in [3.8, 4) is 17.2 Å². The van der Waals surface area contributed by atoms with Gasteiger partial charge in [0.25, 0.3) is 0 Å². The van der Waals surface area contributed by atoms with Gasteiger partial charge in [0.1, 0.15) is 23.4 Å². The lowest BCUT2D eigenvalue weighted by molar-refractivity contribution is -0.122. The summed E-state index contributed by atoms with van der Waals surface area (Å²) in [4.78, 5) is 27.2. The molecule has 0 aliphatic carbocycles. The molecule has 0 unspecified atom stereocenters. The van der Waals surface area contributed by atoms with Crippen LogP contribution in [0.1, 0.15) is 25.8 Å². The second-order valence-corrected chi connectivity index (χ2v) is 7.62. The first-order chi connectivity index (χ1) is 14.5. The Morgan fingerprint density at radius 2 is 2.10 bits per heavy atom. The van der Waals surface area contributed by atoms with Crippen LogP contribution in [-0.4, -0.2) is 38.2 Å². The minimum absolute atomic E-state index is 0.0838. The summed E-state index contributed by atoms with van der Waals surface area (Å²) >= 11 is 0. The monoisotopic (exact) mass is 410 g/mol. The highest BCUT2D eigenvalue weighted by atomic mass is 16.5. The van der Waals surface area contributed by atoms with Gasteiger partial charge < -0.3 is 24.4 Å². The smallest absolute Gasteiger partial charge is 0.229 e. The highest BCUT2D eigenvalue weighted by molar-refractivity contribution is 6.04. The molecule has 2 aromatic carbocycles. The summed E-state index contributed by atoms with van der Waals surface area (Å²) in [5.41, 5.74) is 2.37. The van der Waals surface area contributed by atoms with Crippen molar-refractivity contribution < 1.29 is 23.8 Å². The maximum atomic E-state index is 13.0. The van der Waals surface area contributed by atoms with Gasteiger partial charge in [0, 0.05) is 42.8 Å². The number of rotatable bonds is 6. The van der Waals surface area contributed by atoms with Crippen LogP contribution in [0.25, 0.3) is 0 Å². The molecule has 2 aliphatic rings. The third kappa shape index (κ3) is 3.92. The summed E-state index contributed by atoms with van der Waals surface area (Å²) in [6, 6.07) is 11.0. The van der Waals surface area contributed by atoms with Crippen molar-refractivity contribution in [2.45, 2.75) is 32.8 Å². The van der Waals surface area contributed by atoms with E-state index in [0.717, 1.165) is 23.4 Å². The molecule has 1 saturated heterocycles. The fraction of sp³-hybridized carbons (Fsp3) is 0.391. The number of benzene rings is 2. The van der Waals surface area contributed by atoms with Crippen molar-refractivity contribution in [3.63, 3.8) is 0 Å². The van der Waals surface area contributed by atoms with Crippen LogP contribution in [0.3, 0.4) is 0 Å². The molecule has 7 heteroatoms. The number of nitrogens with zero attached hydrogens (tertiary/aromatic N) is 1. The highest BCUT2D eigenvalue weighted by Gasteiger charge is 2.36. The zero-order valence-corrected chi connectivity index (χ0v) is 17.4. The van der Waals surface area contributed by atoms with Gasteiger partial charge in [0.2, 0.25) is 11.8 Å². The minimum Gasteiger partial charge on any atom is -0.497 e. The molecule has 1 N–H and O–H groups in total. The Morgan fingerprint density at radius 1 is 1.27 bits per heavy atom. The van der Waals surface area contributed by atoms with Gasteiger partial charge >= 0.3 is 0 Å². The fourth-order valence-corrected chi connectivity index (χ4v) is 3.96. The normalized spacial score (nSPS) is 20.0. The SMILES string of the molecule is CCOc1cc2c(cc1NC(=O)[C@@H]1CC(=O)N(c3cccc(OC)c3)C1)O[C@@H](C)C2. The average Bonchev–Trinajstić information content (AvgIpc) is 3.29. The second kappa shape index (κ2) is 8.26. The van der Waals surface area contributed by atoms with Crippen molar-refractivity contribution in [1.82, 2.24) is 0 Å². The standard InChI is InChI=1S/C23H26N2O5/c1-4-29-21-9-15-8-14(2)30-20(15)12-19(21)24-23(27)16-10-22(26)25(13-16)17-6-5-7-18(11-17)28-3/h5-7,9,11-12,14,16H,4,8,10,13H2,1-3H3,(H,24,27)/t14-,16+/m0/s1. The van der Waals surface area contributed by atoms with E-state index in [1.54, 1.807) is 18.1 Å². The van der Waals surface area contributed by atoms with Gasteiger partial charge in [0.15, 0.2) is 0 Å². The van der Waals surface area contributed by atoms with Crippen molar-refractivity contribution in [2.24, 2.45) is 5.92 Å². The molecule has 7 nitrogen and oxygen atoms in total. The lowest BCUT2D eigenvalue weighted by atomic mass is 10.1. The van der Waals surface area contributed by atoms with E-state index in [2.05, 4.69) is 5.32 Å². The molecular weight excluding hydrogens is 384 g/mol. The van der Waals surface area contributed by atoms with E-state index >= 15 is 0 Å². The molecule has 0 radical (unpaired) electrons. The summed E-state index contributed by atoms with van der Waals surface area (Å²) < 4.78 is 16.8. The van der Waals surface area contributed by atoms with Crippen molar-refractivity contribution in [3.05, 3.63) is 42.0 Å². The zero-order chi connectivity index (χ0) is 21.3. The van der Waals surface area contributed by atoms with Gasteiger partial charge in [-0.15, -0.1) is 0 Å². The number of methoxy groups -OCH3 is 1. The molecule has 1 fully saturated rings. The largest absolute Gasteiger partial charge is 0.497 e. The summed E-state index contributed by atoms with van der Waals surface area (Å²) in [7, 11) is 1.58. The van der Waals surface area contributed by atoms with Gasteiger partial charge in [-0.25, -0.2) is 0 Å². The van der Waals surface area contributed by atoms with Crippen LogP contribution in [0.5, 0.6) is 17.2 Å². The quantitative estimate of drug-likeness (QED) is 0.790. The first kappa shape index (κ1) is 20.1. The number of hydrogen-bond acceptors (Lipinski definition) is 5. The van der Waals surface area contributed by atoms with Crippen LogP contribution < -0.4 is 24.4 Å². The van der Waals surface area contributed by atoms with E-state index in [0.29, 0.717) is 30.3 Å². The van der Waals surface area contributed by atoms with E-state index in [9.17, 15) is 9.59 Å². The summed E-state index contributed by atoms with van der Waals surface area (Å²) in [6.45, 7) is 4.72. The molecule has 0 spiro atoms. The topological polar surface area (TPSA) is 77.1 Å². The van der Waals surface area contributed by atoms with E-state index in [-0.39, 0.29) is 24.3 Å². The Hall–Kier alpha value is -3.22. The van der Waals surface area contributed by atoms with Gasteiger partial charge in [-0.05, 0) is 32.0 Å². The zero-order valence-electron chi connectivity index (χ0n) is 17.4. The summed E-state index contributed by atoms with van der Waals surface area (Å²) in [5.74, 6) is 1.31. The number of nitrogens with one attached hydrogen (secondary N) is 1. The molecule has 30 heavy (non-hydrogen) atoms. The Morgan fingerprint density at radius 3 is 2.87 bits per heavy atom. The molecule has 158 valence electrons. The first-order valence-electron chi connectivity index (χ1n) is 10.2. The van der Waals surface area contributed by atoms with E-state index < -0.39 is 5.92 Å². The third-order valence-electron chi connectivity index (χ3n) is 5.42. The van der Waals surface area contributed by atoms with Crippen LogP contribution in [0.15, 0.2) is 36.4 Å². The molecule has 0 aromatic heterocycles. The highest BCUT2D eigenvalue weighted by Crippen LogP contribution is 2.38. The average molecular weight is 410 g/mol.